The molecule has 0 saturated heterocycles. The van der Waals surface area contributed by atoms with Crippen LogP contribution in [0.25, 0.3) is 10.8 Å². The van der Waals surface area contributed by atoms with E-state index in [0.717, 1.165) is 54.6 Å². The molecular formula is C25H30F2. The van der Waals surface area contributed by atoms with Crippen LogP contribution in [-0.4, -0.2) is 0 Å². The minimum atomic E-state index is -0.425. The maximum atomic E-state index is 15.3. The molecule has 2 heteroatoms. The summed E-state index contributed by atoms with van der Waals surface area (Å²) in [6, 6.07) is 7.26. The third kappa shape index (κ3) is 3.68. The van der Waals surface area contributed by atoms with Crippen molar-refractivity contribution in [2.24, 2.45) is 17.8 Å². The van der Waals surface area contributed by atoms with Crippen molar-refractivity contribution < 1.29 is 8.78 Å². The largest absolute Gasteiger partial charge is 0.206 e. The van der Waals surface area contributed by atoms with E-state index in [4.69, 9.17) is 0 Å². The molecule has 0 bridgehead atoms. The second-order valence-electron chi connectivity index (χ2n) is 8.92. The van der Waals surface area contributed by atoms with Gasteiger partial charge < -0.3 is 0 Å². The van der Waals surface area contributed by atoms with Gasteiger partial charge in [-0.1, -0.05) is 37.6 Å². The van der Waals surface area contributed by atoms with E-state index in [0.29, 0.717) is 5.39 Å². The maximum Gasteiger partial charge on any atom is 0.137 e. The third-order valence-corrected chi connectivity index (χ3v) is 7.05. The lowest BCUT2D eigenvalue weighted by molar-refractivity contribution is 0.124. The van der Waals surface area contributed by atoms with Gasteiger partial charge in [0.05, 0.1) is 5.39 Å². The van der Waals surface area contributed by atoms with Crippen molar-refractivity contribution in [3.63, 3.8) is 0 Å². The van der Waals surface area contributed by atoms with E-state index in [9.17, 15) is 4.39 Å². The molecule has 0 heterocycles. The molecule has 4 atom stereocenters. The van der Waals surface area contributed by atoms with Crippen molar-refractivity contribution >= 4 is 10.8 Å². The average Bonchev–Trinajstić information content (AvgIpc) is 2.66. The number of halogens is 2. The van der Waals surface area contributed by atoms with Crippen LogP contribution < -0.4 is 0 Å². The van der Waals surface area contributed by atoms with Crippen LogP contribution >= 0.6 is 0 Å². The molecule has 144 valence electrons. The van der Waals surface area contributed by atoms with Crippen LogP contribution in [0.2, 0.25) is 0 Å². The second kappa shape index (κ2) is 7.73. The van der Waals surface area contributed by atoms with Gasteiger partial charge >= 0.3 is 0 Å². The van der Waals surface area contributed by atoms with Gasteiger partial charge in [-0.05, 0) is 91.2 Å². The minimum absolute atomic E-state index is 0.175. The van der Waals surface area contributed by atoms with Gasteiger partial charge in [0.25, 0.3) is 0 Å². The van der Waals surface area contributed by atoms with Gasteiger partial charge in [0.15, 0.2) is 0 Å². The summed E-state index contributed by atoms with van der Waals surface area (Å²) in [6.45, 7) is 6.08. The highest BCUT2D eigenvalue weighted by Gasteiger charge is 2.35. The SMILES string of the molecule is C=CCCc1cc(F)c2c(F)c([C@@H]3CC[C@@H]4CC(C)CCC4C3)ccc2c1. The van der Waals surface area contributed by atoms with E-state index in [-0.39, 0.29) is 17.1 Å². The van der Waals surface area contributed by atoms with Crippen LogP contribution in [0.4, 0.5) is 8.78 Å². The zero-order valence-electron chi connectivity index (χ0n) is 16.3. The summed E-state index contributed by atoms with van der Waals surface area (Å²) < 4.78 is 30.1. The Morgan fingerprint density at radius 2 is 1.81 bits per heavy atom. The Balaban J connectivity index is 1.62. The van der Waals surface area contributed by atoms with Crippen molar-refractivity contribution in [1.29, 1.82) is 0 Å². The molecule has 4 rings (SSSR count). The Morgan fingerprint density at radius 3 is 2.63 bits per heavy atom. The molecular weight excluding hydrogens is 338 g/mol. The summed E-state index contributed by atoms with van der Waals surface area (Å²) in [7, 11) is 0. The molecule has 2 aliphatic carbocycles. The molecule has 0 nitrogen and oxygen atoms in total. The normalized spacial score (nSPS) is 28.1. The molecule has 0 aromatic heterocycles. The summed E-state index contributed by atoms with van der Waals surface area (Å²) in [5, 5.41) is 0.852. The lowest BCUT2D eigenvalue weighted by Gasteiger charge is -2.41. The van der Waals surface area contributed by atoms with E-state index in [2.05, 4.69) is 13.5 Å². The van der Waals surface area contributed by atoms with Crippen LogP contribution in [0.3, 0.4) is 0 Å². The number of fused-ring (bicyclic) bond motifs is 2. The van der Waals surface area contributed by atoms with Gasteiger partial charge in [0, 0.05) is 0 Å². The van der Waals surface area contributed by atoms with Crippen LogP contribution in [-0.2, 0) is 6.42 Å². The topological polar surface area (TPSA) is 0 Å². The van der Waals surface area contributed by atoms with Gasteiger partial charge in [-0.15, -0.1) is 6.58 Å². The van der Waals surface area contributed by atoms with Crippen molar-refractivity contribution in [3.8, 4) is 0 Å². The van der Waals surface area contributed by atoms with Crippen LogP contribution in [0.1, 0.15) is 68.9 Å². The number of hydrogen-bond donors (Lipinski definition) is 0. The molecule has 2 aromatic rings. The number of aryl methyl sites for hydroxylation is 1. The Labute approximate surface area is 161 Å². The zero-order chi connectivity index (χ0) is 19.0. The molecule has 0 radical (unpaired) electrons. The van der Waals surface area contributed by atoms with Crippen molar-refractivity contribution in [2.45, 2.75) is 64.2 Å². The number of benzene rings is 2. The third-order valence-electron chi connectivity index (χ3n) is 7.05. The highest BCUT2D eigenvalue weighted by atomic mass is 19.1. The fourth-order valence-electron chi connectivity index (χ4n) is 5.58. The average molecular weight is 369 g/mol. The van der Waals surface area contributed by atoms with Crippen molar-refractivity contribution in [1.82, 2.24) is 0 Å². The van der Waals surface area contributed by atoms with Gasteiger partial charge in [0.1, 0.15) is 11.6 Å². The molecule has 2 aromatic carbocycles. The first-order chi connectivity index (χ1) is 13.1. The molecule has 0 amide bonds. The van der Waals surface area contributed by atoms with Crippen molar-refractivity contribution in [2.75, 3.05) is 0 Å². The zero-order valence-corrected chi connectivity index (χ0v) is 16.3. The van der Waals surface area contributed by atoms with Gasteiger partial charge in [-0.2, -0.15) is 0 Å². The van der Waals surface area contributed by atoms with E-state index in [1.54, 1.807) is 0 Å². The minimum Gasteiger partial charge on any atom is -0.206 e. The Bertz CT molecular complexity index is 838. The first kappa shape index (κ1) is 18.7. The predicted molar refractivity (Wildman–Crippen MR) is 109 cm³/mol. The molecule has 0 N–H and O–H groups in total. The van der Waals surface area contributed by atoms with Gasteiger partial charge in [0.2, 0.25) is 0 Å². The lowest BCUT2D eigenvalue weighted by Crippen LogP contribution is -2.29. The van der Waals surface area contributed by atoms with Crippen molar-refractivity contribution in [3.05, 3.63) is 59.7 Å². The molecule has 2 fully saturated rings. The quantitative estimate of drug-likeness (QED) is 0.489. The number of rotatable bonds is 4. The standard InChI is InChI=1S/C25H30F2/c1-3-4-5-17-13-21-10-11-22(25(27)24(21)23(26)14-17)20-9-8-18-12-16(2)6-7-19(18)15-20/h3,10-11,13-14,16,18-20H,1,4-9,12,15H2,2H3/t16?,18-,19?,20-/m1/s1. The summed E-state index contributed by atoms with van der Waals surface area (Å²) in [4.78, 5) is 0. The monoisotopic (exact) mass is 368 g/mol. The smallest absolute Gasteiger partial charge is 0.137 e. The van der Waals surface area contributed by atoms with E-state index < -0.39 is 5.82 Å². The molecule has 2 aliphatic rings. The first-order valence-electron chi connectivity index (χ1n) is 10.6. The number of hydrogen-bond acceptors (Lipinski definition) is 0. The molecule has 2 unspecified atom stereocenters. The number of allylic oxidation sites excluding steroid dienone is 1. The maximum absolute atomic E-state index is 15.3. The van der Waals surface area contributed by atoms with E-state index in [1.807, 2.05) is 24.3 Å². The molecule has 2 saturated carbocycles. The van der Waals surface area contributed by atoms with E-state index >= 15 is 4.39 Å². The first-order valence-corrected chi connectivity index (χ1v) is 10.6. The van der Waals surface area contributed by atoms with Gasteiger partial charge in [-0.25, -0.2) is 8.78 Å². The lowest BCUT2D eigenvalue weighted by atomic mass is 9.64. The molecule has 0 spiro atoms. The van der Waals surface area contributed by atoms with Crippen LogP contribution in [0.15, 0.2) is 36.9 Å². The molecule has 0 aliphatic heterocycles. The molecule has 27 heavy (non-hydrogen) atoms. The Morgan fingerprint density at radius 1 is 1.04 bits per heavy atom. The summed E-state index contributed by atoms with van der Waals surface area (Å²) in [6.07, 6.45) is 10.6. The second-order valence-corrected chi connectivity index (χ2v) is 8.92. The van der Waals surface area contributed by atoms with Crippen LogP contribution in [0.5, 0.6) is 0 Å². The summed E-state index contributed by atoms with van der Waals surface area (Å²) in [5.74, 6) is 1.87. The fraction of sp³-hybridized carbons (Fsp3) is 0.520. The van der Waals surface area contributed by atoms with Gasteiger partial charge in [-0.3, -0.25) is 0 Å². The highest BCUT2D eigenvalue weighted by Crippen LogP contribution is 2.48. The Hall–Kier alpha value is -1.70. The highest BCUT2D eigenvalue weighted by molar-refractivity contribution is 5.85. The predicted octanol–water partition coefficient (Wildman–Crippen LogP) is 7.56. The summed E-state index contributed by atoms with van der Waals surface area (Å²) in [5.41, 5.74) is 1.64. The summed E-state index contributed by atoms with van der Waals surface area (Å²) >= 11 is 0. The van der Waals surface area contributed by atoms with E-state index in [1.165, 1.54) is 31.7 Å². The Kier molecular flexibility index (Phi) is 5.34. The van der Waals surface area contributed by atoms with Crippen LogP contribution in [0, 0.1) is 29.4 Å². The fourth-order valence-corrected chi connectivity index (χ4v) is 5.58.